The summed E-state index contributed by atoms with van der Waals surface area (Å²) in [7, 11) is 1.57. The van der Waals surface area contributed by atoms with Crippen LogP contribution >= 0.6 is 0 Å². The fraction of sp³-hybridized carbons (Fsp3) is 0.211. The van der Waals surface area contributed by atoms with Gasteiger partial charge < -0.3 is 19.2 Å². The van der Waals surface area contributed by atoms with Crippen molar-refractivity contribution in [3.63, 3.8) is 0 Å². The molecule has 0 aliphatic rings. The Hall–Kier alpha value is -2.79. The highest BCUT2D eigenvalue weighted by atomic mass is 16.5. The van der Waals surface area contributed by atoms with Crippen molar-refractivity contribution in [3.05, 3.63) is 66.6 Å². The maximum Gasteiger partial charge on any atom is 0.258 e. The molecule has 1 heterocycles. The third-order valence-corrected chi connectivity index (χ3v) is 3.72. The number of carbonyl (C=O) groups excluding carboxylic acids is 1. The van der Waals surface area contributed by atoms with Crippen molar-refractivity contribution >= 4 is 16.7 Å². The number of hydrogen-bond acceptors (Lipinski definition) is 4. The lowest BCUT2D eigenvalue weighted by molar-refractivity contribution is -0.123. The van der Waals surface area contributed by atoms with Crippen LogP contribution in [0.2, 0.25) is 0 Å². The van der Waals surface area contributed by atoms with Crippen LogP contribution in [0.3, 0.4) is 0 Å². The molecule has 3 aromatic rings. The minimum absolute atomic E-state index is 0.0487. The highest BCUT2D eigenvalue weighted by Gasteiger charge is 2.14. The second-order valence-electron chi connectivity index (χ2n) is 5.34. The van der Waals surface area contributed by atoms with Crippen molar-refractivity contribution in [2.24, 2.45) is 0 Å². The summed E-state index contributed by atoms with van der Waals surface area (Å²) in [5.41, 5.74) is 0. The molecule has 0 saturated carbocycles. The van der Waals surface area contributed by atoms with E-state index in [0.29, 0.717) is 18.1 Å². The summed E-state index contributed by atoms with van der Waals surface area (Å²) in [5, 5.41) is 4.99. The molecule has 1 amide bonds. The first kappa shape index (κ1) is 16.1. The monoisotopic (exact) mass is 325 g/mol. The Labute approximate surface area is 140 Å². The Bertz CT molecular complexity index is 798. The summed E-state index contributed by atoms with van der Waals surface area (Å²) in [4.78, 5) is 11.9. The number of rotatable bonds is 7. The molecule has 1 atom stereocenters. The zero-order valence-corrected chi connectivity index (χ0v) is 13.4. The quantitative estimate of drug-likeness (QED) is 0.724. The molecule has 0 saturated heterocycles. The van der Waals surface area contributed by atoms with Crippen LogP contribution in [0.25, 0.3) is 10.8 Å². The van der Waals surface area contributed by atoms with E-state index < -0.39 is 0 Å². The number of furan rings is 1. The Morgan fingerprint density at radius 2 is 1.96 bits per heavy atom. The zero-order valence-electron chi connectivity index (χ0n) is 13.4. The largest absolute Gasteiger partial charge is 0.484 e. The number of amides is 1. The lowest BCUT2D eigenvalue weighted by Crippen LogP contribution is -2.32. The molecule has 0 radical (unpaired) electrons. The highest BCUT2D eigenvalue weighted by molar-refractivity contribution is 5.84. The molecule has 5 nitrogen and oxygen atoms in total. The lowest BCUT2D eigenvalue weighted by Gasteiger charge is -2.14. The molecule has 2 aromatic carbocycles. The summed E-state index contributed by atoms with van der Waals surface area (Å²) in [6.07, 6.45) is 1.26. The molecule has 0 bridgehead atoms. The van der Waals surface area contributed by atoms with Crippen LogP contribution in [-0.4, -0.2) is 26.2 Å². The third-order valence-electron chi connectivity index (χ3n) is 3.72. The molecule has 0 fully saturated rings. The van der Waals surface area contributed by atoms with Crippen molar-refractivity contribution < 1.29 is 18.7 Å². The summed E-state index contributed by atoms with van der Waals surface area (Å²) < 4.78 is 16.1. The van der Waals surface area contributed by atoms with Crippen LogP contribution in [-0.2, 0) is 9.53 Å². The highest BCUT2D eigenvalue weighted by Crippen LogP contribution is 2.20. The SMILES string of the molecule is COC(CNC(=O)COc1ccc2ccccc2c1)c1ccco1. The molecule has 5 heteroatoms. The van der Waals surface area contributed by atoms with Gasteiger partial charge in [-0.2, -0.15) is 0 Å². The van der Waals surface area contributed by atoms with Gasteiger partial charge >= 0.3 is 0 Å². The molecule has 1 unspecified atom stereocenters. The number of methoxy groups -OCH3 is 1. The fourth-order valence-corrected chi connectivity index (χ4v) is 2.44. The second kappa shape index (κ2) is 7.66. The van der Waals surface area contributed by atoms with Crippen molar-refractivity contribution in [2.75, 3.05) is 20.3 Å². The van der Waals surface area contributed by atoms with E-state index in [9.17, 15) is 4.79 Å². The number of ether oxygens (including phenoxy) is 2. The summed E-state index contributed by atoms with van der Waals surface area (Å²) in [6.45, 7) is 0.275. The van der Waals surface area contributed by atoms with Crippen LogP contribution in [0, 0.1) is 0 Å². The van der Waals surface area contributed by atoms with Gasteiger partial charge in [0.05, 0.1) is 12.8 Å². The number of fused-ring (bicyclic) bond motifs is 1. The Balaban J connectivity index is 1.51. The lowest BCUT2D eigenvalue weighted by atomic mass is 10.1. The van der Waals surface area contributed by atoms with Crippen molar-refractivity contribution in [3.8, 4) is 5.75 Å². The number of benzene rings is 2. The van der Waals surface area contributed by atoms with E-state index in [-0.39, 0.29) is 18.6 Å². The zero-order chi connectivity index (χ0) is 16.8. The third kappa shape index (κ3) is 3.94. The van der Waals surface area contributed by atoms with E-state index in [1.807, 2.05) is 48.5 Å². The minimum atomic E-state index is -0.315. The summed E-state index contributed by atoms with van der Waals surface area (Å²) >= 11 is 0. The normalized spacial score (nSPS) is 12.0. The molecule has 0 spiro atoms. The van der Waals surface area contributed by atoms with Gasteiger partial charge in [-0.15, -0.1) is 0 Å². The van der Waals surface area contributed by atoms with Gasteiger partial charge in [0, 0.05) is 7.11 Å². The van der Waals surface area contributed by atoms with Crippen molar-refractivity contribution in [1.29, 1.82) is 0 Å². The molecule has 24 heavy (non-hydrogen) atoms. The molecule has 1 N–H and O–H groups in total. The van der Waals surface area contributed by atoms with Crippen LogP contribution < -0.4 is 10.1 Å². The molecular formula is C19H19NO4. The Kier molecular flexibility index (Phi) is 5.13. The van der Waals surface area contributed by atoms with Crippen LogP contribution in [0.4, 0.5) is 0 Å². The van der Waals surface area contributed by atoms with E-state index in [1.54, 1.807) is 19.4 Å². The second-order valence-corrected chi connectivity index (χ2v) is 5.34. The molecule has 0 aliphatic heterocycles. The van der Waals surface area contributed by atoms with E-state index >= 15 is 0 Å². The fourth-order valence-electron chi connectivity index (χ4n) is 2.44. The van der Waals surface area contributed by atoms with Gasteiger partial charge in [0.25, 0.3) is 5.91 Å². The average Bonchev–Trinajstić information content (AvgIpc) is 3.15. The van der Waals surface area contributed by atoms with Gasteiger partial charge in [-0.05, 0) is 35.0 Å². The number of nitrogens with one attached hydrogen (secondary N) is 1. The molecular weight excluding hydrogens is 306 g/mol. The van der Waals surface area contributed by atoms with Crippen molar-refractivity contribution in [1.82, 2.24) is 5.32 Å². The first-order valence-corrected chi connectivity index (χ1v) is 7.71. The van der Waals surface area contributed by atoms with E-state index in [0.717, 1.165) is 10.8 Å². The van der Waals surface area contributed by atoms with Gasteiger partial charge in [-0.1, -0.05) is 30.3 Å². The first-order valence-electron chi connectivity index (χ1n) is 7.71. The van der Waals surface area contributed by atoms with Crippen molar-refractivity contribution in [2.45, 2.75) is 6.10 Å². The van der Waals surface area contributed by atoms with Gasteiger partial charge in [-0.3, -0.25) is 4.79 Å². The predicted molar refractivity (Wildman–Crippen MR) is 90.9 cm³/mol. The van der Waals surface area contributed by atoms with Gasteiger partial charge in [0.2, 0.25) is 0 Å². The van der Waals surface area contributed by atoms with E-state index in [1.165, 1.54) is 0 Å². The summed E-state index contributed by atoms with van der Waals surface area (Å²) in [5.74, 6) is 1.13. The predicted octanol–water partition coefficient (Wildman–Crippen LogP) is 3.32. The van der Waals surface area contributed by atoms with Crippen LogP contribution in [0.1, 0.15) is 11.9 Å². The number of hydrogen-bond donors (Lipinski definition) is 1. The Morgan fingerprint density at radius 3 is 2.71 bits per heavy atom. The van der Waals surface area contributed by atoms with Gasteiger partial charge in [0.15, 0.2) is 6.61 Å². The average molecular weight is 325 g/mol. The Morgan fingerprint density at radius 1 is 1.12 bits per heavy atom. The molecule has 3 rings (SSSR count). The molecule has 124 valence electrons. The minimum Gasteiger partial charge on any atom is -0.484 e. The van der Waals surface area contributed by atoms with Gasteiger partial charge in [-0.25, -0.2) is 0 Å². The molecule has 0 aliphatic carbocycles. The smallest absolute Gasteiger partial charge is 0.258 e. The van der Waals surface area contributed by atoms with Crippen LogP contribution in [0.5, 0.6) is 5.75 Å². The van der Waals surface area contributed by atoms with E-state index in [2.05, 4.69) is 5.32 Å². The van der Waals surface area contributed by atoms with E-state index in [4.69, 9.17) is 13.9 Å². The number of carbonyl (C=O) groups is 1. The maximum atomic E-state index is 11.9. The molecule has 1 aromatic heterocycles. The first-order chi connectivity index (χ1) is 11.8. The van der Waals surface area contributed by atoms with Gasteiger partial charge in [0.1, 0.15) is 17.6 Å². The van der Waals surface area contributed by atoms with Crippen LogP contribution in [0.15, 0.2) is 65.3 Å². The standard InChI is InChI=1S/C19H19NO4/c1-22-18(17-7-4-10-23-17)12-20-19(21)13-24-16-9-8-14-5-2-3-6-15(14)11-16/h2-11,18H,12-13H2,1H3,(H,20,21). The topological polar surface area (TPSA) is 60.7 Å². The summed E-state index contributed by atoms with van der Waals surface area (Å²) in [6, 6.07) is 17.3. The maximum absolute atomic E-state index is 11.9.